The summed E-state index contributed by atoms with van der Waals surface area (Å²) in [5, 5.41) is 0. The fraction of sp³-hybridized carbons (Fsp3) is 0.586. The molecule has 0 amide bonds. The highest BCUT2D eigenvalue weighted by molar-refractivity contribution is 6.08. The van der Waals surface area contributed by atoms with Crippen LogP contribution < -0.4 is 4.74 Å². The van der Waals surface area contributed by atoms with Gasteiger partial charge in [-0.25, -0.2) is 0 Å². The minimum absolute atomic E-state index is 0.0283. The molecule has 0 saturated heterocycles. The van der Waals surface area contributed by atoms with Gasteiger partial charge in [0.15, 0.2) is 0 Å². The van der Waals surface area contributed by atoms with Crippen molar-refractivity contribution in [1.29, 1.82) is 0 Å². The number of hydrogen-bond acceptors (Lipinski definition) is 4. The second kappa shape index (κ2) is 13.4. The number of benzene rings is 1. The standard InChI is InChI=1S/C29H41NO4/c1-4-5-6-7-8-9-12-21-33-29(32)25-13-10-11-20-30-26(25)18-19-27(30)28(31)23-14-16-24(17-15-23)34-22(2)3/h14-19,22,25H,4-13,20-21H2,1-3H3. The van der Waals surface area contributed by atoms with Gasteiger partial charge in [0.1, 0.15) is 5.75 Å². The number of esters is 1. The minimum Gasteiger partial charge on any atom is -0.491 e. The Morgan fingerprint density at radius 2 is 1.65 bits per heavy atom. The van der Waals surface area contributed by atoms with Gasteiger partial charge in [-0.05, 0) is 69.5 Å². The van der Waals surface area contributed by atoms with Crippen molar-refractivity contribution in [3.8, 4) is 5.75 Å². The van der Waals surface area contributed by atoms with Gasteiger partial charge in [0, 0.05) is 17.8 Å². The molecule has 1 atom stereocenters. The van der Waals surface area contributed by atoms with E-state index < -0.39 is 0 Å². The van der Waals surface area contributed by atoms with Crippen LogP contribution in [0.15, 0.2) is 36.4 Å². The van der Waals surface area contributed by atoms with Crippen LogP contribution in [0.3, 0.4) is 0 Å². The number of ether oxygens (including phenoxy) is 2. The van der Waals surface area contributed by atoms with Crippen molar-refractivity contribution in [3.63, 3.8) is 0 Å². The summed E-state index contributed by atoms with van der Waals surface area (Å²) in [6.07, 6.45) is 11.1. The molecule has 0 spiro atoms. The Hall–Kier alpha value is -2.56. The van der Waals surface area contributed by atoms with E-state index in [1.54, 1.807) is 0 Å². The molecule has 0 fully saturated rings. The van der Waals surface area contributed by atoms with Crippen LogP contribution in [0, 0.1) is 0 Å². The lowest BCUT2D eigenvalue weighted by Crippen LogP contribution is -2.20. The highest BCUT2D eigenvalue weighted by Crippen LogP contribution is 2.31. The van der Waals surface area contributed by atoms with E-state index in [0.717, 1.165) is 50.1 Å². The lowest BCUT2D eigenvalue weighted by Gasteiger charge is -2.16. The van der Waals surface area contributed by atoms with Crippen LogP contribution >= 0.6 is 0 Å². The van der Waals surface area contributed by atoms with Crippen LogP contribution in [0.2, 0.25) is 0 Å². The molecule has 1 unspecified atom stereocenters. The summed E-state index contributed by atoms with van der Waals surface area (Å²) < 4.78 is 13.4. The number of aromatic nitrogens is 1. The van der Waals surface area contributed by atoms with Gasteiger partial charge >= 0.3 is 5.97 Å². The molecule has 186 valence electrons. The van der Waals surface area contributed by atoms with Crippen LogP contribution in [0.5, 0.6) is 5.75 Å². The van der Waals surface area contributed by atoms with E-state index in [1.165, 1.54) is 32.1 Å². The van der Waals surface area contributed by atoms with E-state index in [1.807, 2.05) is 54.8 Å². The first-order valence-corrected chi connectivity index (χ1v) is 13.2. The molecule has 1 aromatic heterocycles. The molecule has 0 radical (unpaired) electrons. The summed E-state index contributed by atoms with van der Waals surface area (Å²) in [4.78, 5) is 26.2. The zero-order chi connectivity index (χ0) is 24.3. The Kier molecular flexibility index (Phi) is 10.2. The van der Waals surface area contributed by atoms with Crippen LogP contribution in [0.1, 0.15) is 113 Å². The first-order valence-electron chi connectivity index (χ1n) is 13.2. The van der Waals surface area contributed by atoms with Gasteiger partial charge in [-0.3, -0.25) is 9.59 Å². The zero-order valence-corrected chi connectivity index (χ0v) is 21.2. The number of nitrogens with zero attached hydrogens (tertiary/aromatic N) is 1. The third kappa shape index (κ3) is 7.22. The highest BCUT2D eigenvalue weighted by Gasteiger charge is 2.29. The van der Waals surface area contributed by atoms with Gasteiger partial charge in [0.25, 0.3) is 0 Å². The molecule has 3 rings (SSSR count). The molecule has 0 bridgehead atoms. The Morgan fingerprint density at radius 1 is 0.941 bits per heavy atom. The Balaban J connectivity index is 1.60. The normalized spacial score (nSPS) is 15.6. The van der Waals surface area contributed by atoms with Gasteiger partial charge in [0.05, 0.1) is 24.3 Å². The van der Waals surface area contributed by atoms with Gasteiger partial charge in [-0.1, -0.05) is 51.9 Å². The predicted octanol–water partition coefficient (Wildman–Crippen LogP) is 7.07. The Bertz CT molecular complexity index is 913. The summed E-state index contributed by atoms with van der Waals surface area (Å²) in [7, 11) is 0. The zero-order valence-electron chi connectivity index (χ0n) is 21.2. The maximum absolute atomic E-state index is 13.3. The molecule has 1 aliphatic heterocycles. The summed E-state index contributed by atoms with van der Waals surface area (Å²) in [5.41, 5.74) is 2.17. The average Bonchev–Trinajstić information content (AvgIpc) is 3.12. The summed E-state index contributed by atoms with van der Waals surface area (Å²) in [5.74, 6) is 0.278. The van der Waals surface area contributed by atoms with Crippen LogP contribution in [-0.4, -0.2) is 29.0 Å². The van der Waals surface area contributed by atoms with E-state index >= 15 is 0 Å². The van der Waals surface area contributed by atoms with Gasteiger partial charge in [0.2, 0.25) is 5.78 Å². The molecule has 0 saturated carbocycles. The van der Waals surface area contributed by atoms with Crippen molar-refractivity contribution in [2.24, 2.45) is 0 Å². The fourth-order valence-electron chi connectivity index (χ4n) is 4.68. The van der Waals surface area contributed by atoms with Gasteiger partial charge in [-0.15, -0.1) is 0 Å². The largest absolute Gasteiger partial charge is 0.491 e. The minimum atomic E-state index is -0.296. The molecular weight excluding hydrogens is 426 g/mol. The summed E-state index contributed by atoms with van der Waals surface area (Å²) in [6, 6.07) is 11.1. The number of rotatable bonds is 13. The molecule has 5 nitrogen and oxygen atoms in total. The Labute approximate surface area is 204 Å². The van der Waals surface area contributed by atoms with Crippen molar-refractivity contribution < 1.29 is 19.1 Å². The lowest BCUT2D eigenvalue weighted by molar-refractivity contribution is -0.146. The lowest BCUT2D eigenvalue weighted by atomic mass is 10.00. The SMILES string of the molecule is CCCCCCCCCOC(=O)C1CCCCn2c(C(=O)c3ccc(OC(C)C)cc3)ccc21. The molecule has 34 heavy (non-hydrogen) atoms. The van der Waals surface area contributed by atoms with Crippen LogP contribution in [0.4, 0.5) is 0 Å². The maximum atomic E-state index is 13.3. The van der Waals surface area contributed by atoms with E-state index in [9.17, 15) is 9.59 Å². The van der Waals surface area contributed by atoms with E-state index in [0.29, 0.717) is 17.9 Å². The smallest absolute Gasteiger partial charge is 0.314 e. The number of carbonyl (C=O) groups excluding carboxylic acids is 2. The quantitative estimate of drug-likeness (QED) is 0.180. The number of unbranched alkanes of at least 4 members (excludes halogenated alkanes) is 6. The van der Waals surface area contributed by atoms with Crippen molar-refractivity contribution in [3.05, 3.63) is 53.3 Å². The number of hydrogen-bond donors (Lipinski definition) is 0. The van der Waals surface area contributed by atoms with E-state index in [-0.39, 0.29) is 23.8 Å². The summed E-state index contributed by atoms with van der Waals surface area (Å²) >= 11 is 0. The topological polar surface area (TPSA) is 57.5 Å². The van der Waals surface area contributed by atoms with Crippen molar-refractivity contribution in [2.75, 3.05) is 6.61 Å². The molecule has 1 aromatic carbocycles. The molecule has 0 aliphatic carbocycles. The predicted molar refractivity (Wildman–Crippen MR) is 136 cm³/mol. The average molecular weight is 468 g/mol. The van der Waals surface area contributed by atoms with Gasteiger partial charge in [-0.2, -0.15) is 0 Å². The van der Waals surface area contributed by atoms with E-state index in [2.05, 4.69) is 6.92 Å². The molecular formula is C29H41NO4. The molecule has 2 heterocycles. The maximum Gasteiger partial charge on any atom is 0.314 e. The third-order valence-corrected chi connectivity index (χ3v) is 6.49. The third-order valence-electron chi connectivity index (χ3n) is 6.49. The first-order chi connectivity index (χ1) is 16.5. The second-order valence-electron chi connectivity index (χ2n) is 9.65. The number of ketones is 1. The molecule has 5 heteroatoms. The van der Waals surface area contributed by atoms with Crippen LogP contribution in [0.25, 0.3) is 0 Å². The molecule has 2 aromatic rings. The van der Waals surface area contributed by atoms with Gasteiger partial charge < -0.3 is 14.0 Å². The number of fused-ring (bicyclic) bond motifs is 1. The molecule has 0 N–H and O–H groups in total. The second-order valence-corrected chi connectivity index (χ2v) is 9.65. The molecule has 1 aliphatic rings. The highest BCUT2D eigenvalue weighted by atomic mass is 16.5. The number of carbonyl (C=O) groups is 2. The van der Waals surface area contributed by atoms with Crippen molar-refractivity contribution in [1.82, 2.24) is 4.57 Å². The van der Waals surface area contributed by atoms with Crippen molar-refractivity contribution >= 4 is 11.8 Å². The van der Waals surface area contributed by atoms with Crippen molar-refractivity contribution in [2.45, 2.75) is 104 Å². The Morgan fingerprint density at radius 3 is 2.35 bits per heavy atom. The summed E-state index contributed by atoms with van der Waals surface area (Å²) in [6.45, 7) is 7.42. The van der Waals surface area contributed by atoms with Crippen LogP contribution in [-0.2, 0) is 16.1 Å². The van der Waals surface area contributed by atoms with E-state index in [4.69, 9.17) is 9.47 Å². The monoisotopic (exact) mass is 467 g/mol. The first kappa shape index (κ1) is 26.1. The fourth-order valence-corrected chi connectivity index (χ4v) is 4.68.